The SMILES string of the molecule is COc1cc2c(cc1OC)CN(C(=O)Cn1cnn(C(C)(C)C)c1=O)CC2. The molecule has 1 aromatic heterocycles. The first-order chi connectivity index (χ1) is 12.7. The number of hydrogen-bond acceptors (Lipinski definition) is 5. The topological polar surface area (TPSA) is 78.6 Å². The van der Waals surface area contributed by atoms with E-state index >= 15 is 0 Å². The molecule has 27 heavy (non-hydrogen) atoms. The molecule has 0 aliphatic carbocycles. The van der Waals surface area contributed by atoms with Crippen LogP contribution in [0.1, 0.15) is 31.9 Å². The number of nitrogens with zero attached hydrogens (tertiary/aromatic N) is 4. The Bertz CT molecular complexity index is 907. The van der Waals surface area contributed by atoms with Crippen LogP contribution in [0.15, 0.2) is 23.3 Å². The fourth-order valence-corrected chi connectivity index (χ4v) is 3.24. The van der Waals surface area contributed by atoms with Gasteiger partial charge in [-0.15, -0.1) is 0 Å². The van der Waals surface area contributed by atoms with Gasteiger partial charge in [-0.2, -0.15) is 5.10 Å². The van der Waals surface area contributed by atoms with E-state index in [1.165, 1.54) is 15.6 Å². The minimum atomic E-state index is -0.426. The molecule has 0 atom stereocenters. The minimum absolute atomic E-state index is 0.0163. The molecule has 1 amide bonds. The highest BCUT2D eigenvalue weighted by Gasteiger charge is 2.25. The molecule has 1 aliphatic heterocycles. The molecule has 8 nitrogen and oxygen atoms in total. The number of fused-ring (bicyclic) bond motifs is 1. The van der Waals surface area contributed by atoms with Crippen molar-refractivity contribution in [2.45, 2.75) is 45.8 Å². The zero-order valence-corrected chi connectivity index (χ0v) is 16.5. The molecule has 0 spiro atoms. The quantitative estimate of drug-likeness (QED) is 0.808. The van der Waals surface area contributed by atoms with Gasteiger partial charge in [0.15, 0.2) is 11.5 Å². The lowest BCUT2D eigenvalue weighted by atomic mass is 9.98. The summed E-state index contributed by atoms with van der Waals surface area (Å²) in [5, 5.41) is 4.13. The monoisotopic (exact) mass is 374 g/mol. The predicted octanol–water partition coefficient (Wildman–Crippen LogP) is 1.40. The summed E-state index contributed by atoms with van der Waals surface area (Å²) in [6, 6.07) is 3.88. The maximum atomic E-state index is 12.7. The Labute approximate surface area is 158 Å². The average molecular weight is 374 g/mol. The molecule has 0 saturated carbocycles. The van der Waals surface area contributed by atoms with Gasteiger partial charge in [-0.1, -0.05) is 0 Å². The van der Waals surface area contributed by atoms with Crippen LogP contribution in [0.2, 0.25) is 0 Å². The van der Waals surface area contributed by atoms with Crippen molar-refractivity contribution in [2.75, 3.05) is 20.8 Å². The fraction of sp³-hybridized carbons (Fsp3) is 0.526. The summed E-state index contributed by atoms with van der Waals surface area (Å²) in [7, 11) is 3.20. The third kappa shape index (κ3) is 3.70. The van der Waals surface area contributed by atoms with Crippen molar-refractivity contribution in [1.29, 1.82) is 0 Å². The van der Waals surface area contributed by atoms with Gasteiger partial charge in [-0.05, 0) is 50.5 Å². The second kappa shape index (κ2) is 7.09. The van der Waals surface area contributed by atoms with Gasteiger partial charge in [0.1, 0.15) is 12.9 Å². The Morgan fingerprint density at radius 2 is 1.78 bits per heavy atom. The third-order valence-electron chi connectivity index (χ3n) is 4.75. The van der Waals surface area contributed by atoms with E-state index in [1.807, 2.05) is 32.9 Å². The lowest BCUT2D eigenvalue weighted by molar-refractivity contribution is -0.132. The molecule has 0 bridgehead atoms. The van der Waals surface area contributed by atoms with Crippen LogP contribution >= 0.6 is 0 Å². The van der Waals surface area contributed by atoms with E-state index in [4.69, 9.17) is 9.47 Å². The molecule has 8 heteroatoms. The Hall–Kier alpha value is -2.77. The number of aromatic nitrogens is 3. The third-order valence-corrected chi connectivity index (χ3v) is 4.75. The number of hydrogen-bond donors (Lipinski definition) is 0. The van der Waals surface area contributed by atoms with Crippen LogP contribution < -0.4 is 15.2 Å². The number of carbonyl (C=O) groups is 1. The van der Waals surface area contributed by atoms with Gasteiger partial charge in [0, 0.05) is 13.1 Å². The van der Waals surface area contributed by atoms with Crippen molar-refractivity contribution in [3.63, 3.8) is 0 Å². The summed E-state index contributed by atoms with van der Waals surface area (Å²) < 4.78 is 13.5. The van der Waals surface area contributed by atoms with Gasteiger partial charge in [0.25, 0.3) is 0 Å². The fourth-order valence-electron chi connectivity index (χ4n) is 3.24. The molecule has 0 fully saturated rings. The number of carbonyl (C=O) groups excluding carboxylic acids is 1. The van der Waals surface area contributed by atoms with E-state index in [0.717, 1.165) is 17.5 Å². The lowest BCUT2D eigenvalue weighted by Crippen LogP contribution is -2.41. The first-order valence-corrected chi connectivity index (χ1v) is 8.91. The second-order valence-corrected chi connectivity index (χ2v) is 7.67. The molecule has 1 aliphatic rings. The van der Waals surface area contributed by atoms with E-state index in [0.29, 0.717) is 24.6 Å². The summed E-state index contributed by atoms with van der Waals surface area (Å²) in [4.78, 5) is 26.9. The van der Waals surface area contributed by atoms with Gasteiger partial charge in [-0.3, -0.25) is 9.36 Å². The normalized spacial score (nSPS) is 14.0. The summed E-state index contributed by atoms with van der Waals surface area (Å²) in [6.07, 6.45) is 2.16. The maximum Gasteiger partial charge on any atom is 0.346 e. The van der Waals surface area contributed by atoms with Crippen molar-refractivity contribution in [3.05, 3.63) is 40.1 Å². The number of methoxy groups -OCH3 is 2. The van der Waals surface area contributed by atoms with E-state index < -0.39 is 5.54 Å². The number of ether oxygens (including phenoxy) is 2. The Morgan fingerprint density at radius 3 is 2.33 bits per heavy atom. The average Bonchev–Trinajstić information content (AvgIpc) is 3.00. The number of benzene rings is 1. The van der Waals surface area contributed by atoms with Crippen LogP contribution in [-0.4, -0.2) is 45.9 Å². The van der Waals surface area contributed by atoms with Crippen LogP contribution in [0.25, 0.3) is 0 Å². The zero-order valence-electron chi connectivity index (χ0n) is 16.5. The van der Waals surface area contributed by atoms with Gasteiger partial charge in [-0.25, -0.2) is 9.48 Å². The van der Waals surface area contributed by atoms with Crippen molar-refractivity contribution < 1.29 is 14.3 Å². The minimum Gasteiger partial charge on any atom is -0.493 e. The van der Waals surface area contributed by atoms with Crippen LogP contribution in [0.3, 0.4) is 0 Å². The highest BCUT2D eigenvalue weighted by atomic mass is 16.5. The van der Waals surface area contributed by atoms with E-state index in [-0.39, 0.29) is 18.1 Å². The van der Waals surface area contributed by atoms with Crippen LogP contribution in [0.5, 0.6) is 11.5 Å². The second-order valence-electron chi connectivity index (χ2n) is 7.67. The largest absolute Gasteiger partial charge is 0.493 e. The van der Waals surface area contributed by atoms with Gasteiger partial charge in [0.05, 0.1) is 19.8 Å². The number of rotatable bonds is 4. The Morgan fingerprint density at radius 1 is 1.15 bits per heavy atom. The highest BCUT2D eigenvalue weighted by Crippen LogP contribution is 2.33. The number of amides is 1. The first-order valence-electron chi connectivity index (χ1n) is 8.91. The molecule has 0 N–H and O–H groups in total. The molecular weight excluding hydrogens is 348 g/mol. The first kappa shape index (κ1) is 19.0. The van der Waals surface area contributed by atoms with Gasteiger partial charge in [0.2, 0.25) is 5.91 Å². The van der Waals surface area contributed by atoms with E-state index in [2.05, 4.69) is 5.10 Å². The lowest BCUT2D eigenvalue weighted by Gasteiger charge is -2.29. The summed E-state index contributed by atoms with van der Waals surface area (Å²) >= 11 is 0. The summed E-state index contributed by atoms with van der Waals surface area (Å²) in [5.41, 5.74) is 1.48. The molecule has 0 radical (unpaired) electrons. The van der Waals surface area contributed by atoms with Gasteiger partial charge < -0.3 is 14.4 Å². The molecule has 2 aromatic rings. The molecule has 0 saturated heterocycles. The predicted molar refractivity (Wildman–Crippen MR) is 100 cm³/mol. The summed E-state index contributed by atoms with van der Waals surface area (Å²) in [6.45, 7) is 6.77. The zero-order chi connectivity index (χ0) is 19.8. The molecule has 3 rings (SSSR count). The van der Waals surface area contributed by atoms with Crippen molar-refractivity contribution >= 4 is 5.91 Å². The smallest absolute Gasteiger partial charge is 0.346 e. The van der Waals surface area contributed by atoms with E-state index in [1.54, 1.807) is 19.1 Å². The van der Waals surface area contributed by atoms with E-state index in [9.17, 15) is 9.59 Å². The molecular formula is C19H26N4O4. The van der Waals surface area contributed by atoms with Gasteiger partial charge >= 0.3 is 5.69 Å². The molecule has 1 aromatic carbocycles. The van der Waals surface area contributed by atoms with Crippen molar-refractivity contribution in [2.24, 2.45) is 0 Å². The van der Waals surface area contributed by atoms with Crippen molar-refractivity contribution in [1.82, 2.24) is 19.2 Å². The molecule has 146 valence electrons. The van der Waals surface area contributed by atoms with Crippen LogP contribution in [0, 0.1) is 0 Å². The summed E-state index contributed by atoms with van der Waals surface area (Å²) in [5.74, 6) is 1.23. The highest BCUT2D eigenvalue weighted by molar-refractivity contribution is 5.76. The molecule has 2 heterocycles. The molecule has 0 unspecified atom stereocenters. The van der Waals surface area contributed by atoms with Crippen LogP contribution in [0.4, 0.5) is 0 Å². The van der Waals surface area contributed by atoms with Crippen LogP contribution in [-0.2, 0) is 29.8 Å². The van der Waals surface area contributed by atoms with Crippen molar-refractivity contribution in [3.8, 4) is 11.5 Å². The Balaban J connectivity index is 1.77. The Kier molecular flexibility index (Phi) is 4.99. The maximum absolute atomic E-state index is 12.7. The standard InChI is InChI=1S/C19H26N4O4/c1-19(2,3)23-18(25)22(12-20-23)11-17(24)21-7-6-13-8-15(26-4)16(27-5)9-14(13)10-21/h8-9,12H,6-7,10-11H2,1-5H3.